The van der Waals surface area contributed by atoms with Gasteiger partial charge in [-0.3, -0.25) is 0 Å². The van der Waals surface area contributed by atoms with Gasteiger partial charge >= 0.3 is 0 Å². The molecule has 0 aromatic carbocycles. The van der Waals surface area contributed by atoms with Gasteiger partial charge in [0.1, 0.15) is 0 Å². The maximum atomic E-state index is 2.97. The molecule has 42 heavy (non-hydrogen) atoms. The Bertz CT molecular complexity index is 1210. The van der Waals surface area contributed by atoms with E-state index >= 15 is 0 Å². The van der Waals surface area contributed by atoms with Crippen molar-refractivity contribution in [2.24, 2.45) is 59.2 Å². The second-order valence-corrected chi connectivity index (χ2v) is 15.7. The molecule has 0 aromatic rings. The molecule has 10 unspecified atom stereocenters. The zero-order valence-electron chi connectivity index (χ0n) is 26.3. The van der Waals surface area contributed by atoms with Crippen LogP contribution in [0.2, 0.25) is 0 Å². The average Bonchev–Trinajstić information content (AvgIpc) is 3.07. The Morgan fingerprint density at radius 2 is 1.50 bits per heavy atom. The van der Waals surface area contributed by atoms with Crippen LogP contribution in [0.5, 0.6) is 0 Å². The fraction of sp³-hybridized carbons (Fsp3) is 0.667. The molecule has 2 saturated carbocycles. The first kappa shape index (κ1) is 27.7. The summed E-state index contributed by atoms with van der Waals surface area (Å²) in [6, 6.07) is 0. The standard InChI is InChI=1S/C42H56/c1-3-14-29(15-4-1)32-26-33(30-16-5-2-6-17-30)28-34(27-32)41-37-21-9-11-23-39(37)42(40-24-12-10-22-38(40)41)36-25-13-19-31-18-7-8-20-35(31)36/h1-3,5,8-9,19-21,27,29-30,33-34,37-42H,4,6-7,10-18,22-26,28H2. The summed E-state index contributed by atoms with van der Waals surface area (Å²) in [6.45, 7) is 0. The quantitative estimate of drug-likeness (QED) is 0.300. The van der Waals surface area contributed by atoms with E-state index in [4.69, 9.17) is 0 Å². The lowest BCUT2D eigenvalue weighted by atomic mass is 9.46. The SMILES string of the molecule is C1=CC2=C(C3C4CCC=CC4C(C4C=C(C5CC=CCC5)CC(C5CC=CCC5)C4)C4CCCCC43)CCC=C2CC1. The van der Waals surface area contributed by atoms with E-state index in [1.807, 2.05) is 11.1 Å². The van der Waals surface area contributed by atoms with Gasteiger partial charge in [-0.2, -0.15) is 0 Å². The van der Waals surface area contributed by atoms with E-state index in [0.29, 0.717) is 0 Å². The first-order valence-corrected chi connectivity index (χ1v) is 18.6. The smallest absolute Gasteiger partial charge is 0.0129 e. The molecule has 0 nitrogen and oxygen atoms in total. The second kappa shape index (κ2) is 12.3. The van der Waals surface area contributed by atoms with Crippen molar-refractivity contribution in [2.75, 3.05) is 0 Å². The largest absolute Gasteiger partial charge is 0.0885 e. The summed E-state index contributed by atoms with van der Waals surface area (Å²) in [5.41, 5.74) is 7.25. The van der Waals surface area contributed by atoms with Crippen LogP contribution in [0, 0.1) is 59.2 Å². The Morgan fingerprint density at radius 1 is 0.643 bits per heavy atom. The Balaban J connectivity index is 1.18. The lowest BCUT2D eigenvalue weighted by Gasteiger charge is -2.58. The van der Waals surface area contributed by atoms with E-state index in [1.165, 1.54) is 116 Å². The maximum Gasteiger partial charge on any atom is -0.0129 e. The summed E-state index contributed by atoms with van der Waals surface area (Å²) in [7, 11) is 0. The Morgan fingerprint density at radius 3 is 2.36 bits per heavy atom. The van der Waals surface area contributed by atoms with Crippen LogP contribution >= 0.6 is 0 Å². The summed E-state index contributed by atoms with van der Waals surface area (Å²) < 4.78 is 0. The van der Waals surface area contributed by atoms with Crippen LogP contribution in [-0.4, -0.2) is 0 Å². The van der Waals surface area contributed by atoms with Gasteiger partial charge in [-0.05, 0) is 173 Å². The van der Waals surface area contributed by atoms with Gasteiger partial charge in [0.05, 0.1) is 0 Å². The number of fused-ring (bicyclic) bond motifs is 3. The Kier molecular flexibility index (Phi) is 8.11. The summed E-state index contributed by atoms with van der Waals surface area (Å²) in [4.78, 5) is 0. The lowest BCUT2D eigenvalue weighted by molar-refractivity contribution is -0.0417. The zero-order chi connectivity index (χ0) is 27.9. The maximum absolute atomic E-state index is 2.97. The normalized spacial score (nSPS) is 43.2. The highest BCUT2D eigenvalue weighted by atomic mass is 14.6. The van der Waals surface area contributed by atoms with E-state index in [0.717, 1.165) is 59.2 Å². The van der Waals surface area contributed by atoms with E-state index < -0.39 is 0 Å². The van der Waals surface area contributed by atoms with E-state index in [9.17, 15) is 0 Å². The third kappa shape index (κ3) is 5.16. The van der Waals surface area contributed by atoms with Crippen LogP contribution in [-0.2, 0) is 0 Å². The molecular weight excluding hydrogens is 504 g/mol. The van der Waals surface area contributed by atoms with Gasteiger partial charge in [0.15, 0.2) is 0 Å². The van der Waals surface area contributed by atoms with Crippen LogP contribution in [0.25, 0.3) is 0 Å². The van der Waals surface area contributed by atoms with Gasteiger partial charge < -0.3 is 0 Å². The highest BCUT2D eigenvalue weighted by Crippen LogP contribution is 2.61. The van der Waals surface area contributed by atoms with Crippen LogP contribution in [0.1, 0.15) is 116 Å². The van der Waals surface area contributed by atoms with Crippen LogP contribution in [0.15, 0.2) is 83.1 Å². The van der Waals surface area contributed by atoms with Crippen molar-refractivity contribution in [3.63, 3.8) is 0 Å². The molecule has 0 heterocycles. The van der Waals surface area contributed by atoms with Crippen LogP contribution in [0.3, 0.4) is 0 Å². The van der Waals surface area contributed by atoms with Gasteiger partial charge in [-0.15, -0.1) is 0 Å². The molecule has 8 aliphatic rings. The highest BCUT2D eigenvalue weighted by molar-refractivity contribution is 5.49. The molecule has 8 aliphatic carbocycles. The van der Waals surface area contributed by atoms with Crippen molar-refractivity contribution >= 4 is 0 Å². The number of allylic oxidation sites excluding steroid dienone is 14. The fourth-order valence-corrected chi connectivity index (χ4v) is 12.1. The molecule has 0 amide bonds. The van der Waals surface area contributed by atoms with Crippen molar-refractivity contribution in [3.8, 4) is 0 Å². The fourth-order valence-electron chi connectivity index (χ4n) is 12.1. The average molecular weight is 561 g/mol. The minimum absolute atomic E-state index is 0.803. The van der Waals surface area contributed by atoms with Gasteiger partial charge in [0.2, 0.25) is 0 Å². The monoisotopic (exact) mass is 560 g/mol. The summed E-state index contributed by atoms with van der Waals surface area (Å²) in [6.07, 6.45) is 51.0. The van der Waals surface area contributed by atoms with Gasteiger partial charge in [0, 0.05) is 0 Å². The summed E-state index contributed by atoms with van der Waals surface area (Å²) in [5.74, 6) is 8.75. The molecule has 0 spiro atoms. The molecular formula is C42H56. The van der Waals surface area contributed by atoms with Crippen molar-refractivity contribution < 1.29 is 0 Å². The number of hydrogen-bond donors (Lipinski definition) is 0. The third-order valence-electron chi connectivity index (χ3n) is 13.8. The molecule has 10 atom stereocenters. The van der Waals surface area contributed by atoms with E-state index in [-0.39, 0.29) is 0 Å². The predicted octanol–water partition coefficient (Wildman–Crippen LogP) is 11.7. The molecule has 0 N–H and O–H groups in total. The molecule has 8 rings (SSSR count). The van der Waals surface area contributed by atoms with Gasteiger partial charge in [-0.1, -0.05) is 84.7 Å². The third-order valence-corrected chi connectivity index (χ3v) is 13.8. The predicted molar refractivity (Wildman–Crippen MR) is 178 cm³/mol. The first-order chi connectivity index (χ1) is 20.8. The molecule has 0 saturated heterocycles. The zero-order valence-corrected chi connectivity index (χ0v) is 26.3. The van der Waals surface area contributed by atoms with Gasteiger partial charge in [-0.25, -0.2) is 0 Å². The van der Waals surface area contributed by atoms with Crippen molar-refractivity contribution in [2.45, 2.75) is 116 Å². The molecule has 2 fully saturated rings. The van der Waals surface area contributed by atoms with Crippen molar-refractivity contribution in [1.29, 1.82) is 0 Å². The van der Waals surface area contributed by atoms with Crippen LogP contribution in [0.4, 0.5) is 0 Å². The molecule has 0 aromatic heterocycles. The molecule has 0 radical (unpaired) electrons. The number of rotatable bonds is 4. The van der Waals surface area contributed by atoms with E-state index in [1.54, 1.807) is 11.1 Å². The Hall–Kier alpha value is -1.82. The topological polar surface area (TPSA) is 0 Å². The van der Waals surface area contributed by atoms with Gasteiger partial charge in [0.25, 0.3) is 0 Å². The minimum atomic E-state index is 0.803. The van der Waals surface area contributed by atoms with Crippen molar-refractivity contribution in [3.05, 3.63) is 83.1 Å². The Labute approximate surface area is 257 Å². The molecule has 224 valence electrons. The van der Waals surface area contributed by atoms with Crippen LogP contribution < -0.4 is 0 Å². The molecule has 0 heteroatoms. The molecule has 0 bridgehead atoms. The second-order valence-electron chi connectivity index (χ2n) is 15.7. The number of hydrogen-bond acceptors (Lipinski definition) is 0. The lowest BCUT2D eigenvalue weighted by Crippen LogP contribution is -2.51. The highest BCUT2D eigenvalue weighted by Gasteiger charge is 2.54. The summed E-state index contributed by atoms with van der Waals surface area (Å²) in [5, 5.41) is 0. The van der Waals surface area contributed by atoms with E-state index in [2.05, 4.69) is 60.8 Å². The minimum Gasteiger partial charge on any atom is -0.0885 e. The van der Waals surface area contributed by atoms with Crippen molar-refractivity contribution in [1.82, 2.24) is 0 Å². The first-order valence-electron chi connectivity index (χ1n) is 18.6. The summed E-state index contributed by atoms with van der Waals surface area (Å²) >= 11 is 0. The molecule has 0 aliphatic heterocycles.